The average molecular weight is 369 g/mol. The Morgan fingerprint density at radius 1 is 1.15 bits per heavy atom. The van der Waals surface area contributed by atoms with Crippen LogP contribution in [0.5, 0.6) is 0 Å². The summed E-state index contributed by atoms with van der Waals surface area (Å²) in [7, 11) is 0. The van der Waals surface area contributed by atoms with Crippen LogP contribution in [0.2, 0.25) is 0 Å². The van der Waals surface area contributed by atoms with E-state index < -0.39 is 0 Å². The summed E-state index contributed by atoms with van der Waals surface area (Å²) in [6.07, 6.45) is 6.72. The number of H-pyrrole nitrogens is 1. The van der Waals surface area contributed by atoms with Crippen molar-refractivity contribution in [3.8, 4) is 0 Å². The highest BCUT2D eigenvalue weighted by Crippen LogP contribution is 2.30. The summed E-state index contributed by atoms with van der Waals surface area (Å²) < 4.78 is 3.50. The van der Waals surface area contributed by atoms with Crippen molar-refractivity contribution in [3.63, 3.8) is 0 Å². The SMILES string of the molecule is O=C(c1cc2sccc2[nH]1)N1CCC(c2nnc3n2CCCCC3)CC1. The molecule has 0 saturated carbocycles. The number of piperidine rings is 1. The number of aromatic nitrogens is 4. The van der Waals surface area contributed by atoms with E-state index in [2.05, 4.69) is 19.7 Å². The van der Waals surface area contributed by atoms with Gasteiger partial charge in [0.25, 0.3) is 5.91 Å². The van der Waals surface area contributed by atoms with Crippen LogP contribution in [0.15, 0.2) is 17.5 Å². The van der Waals surface area contributed by atoms with Gasteiger partial charge in [-0.1, -0.05) is 6.42 Å². The van der Waals surface area contributed by atoms with E-state index in [-0.39, 0.29) is 5.91 Å². The Bertz CT molecular complexity index is 902. The smallest absolute Gasteiger partial charge is 0.270 e. The number of nitrogens with zero attached hydrogens (tertiary/aromatic N) is 4. The highest BCUT2D eigenvalue weighted by Gasteiger charge is 2.29. The molecule has 0 bridgehead atoms. The van der Waals surface area contributed by atoms with Crippen molar-refractivity contribution in [2.24, 2.45) is 0 Å². The fraction of sp³-hybridized carbons (Fsp3) is 0.526. The van der Waals surface area contributed by atoms with Crippen molar-refractivity contribution in [3.05, 3.63) is 34.9 Å². The van der Waals surface area contributed by atoms with Gasteiger partial charge in [-0.25, -0.2) is 0 Å². The Morgan fingerprint density at radius 2 is 2.04 bits per heavy atom. The van der Waals surface area contributed by atoms with Gasteiger partial charge in [0, 0.05) is 32.0 Å². The fourth-order valence-corrected chi connectivity index (χ4v) is 5.07. The summed E-state index contributed by atoms with van der Waals surface area (Å²) in [6, 6.07) is 4.01. The molecule has 136 valence electrons. The normalized spacial score (nSPS) is 18.8. The zero-order valence-corrected chi connectivity index (χ0v) is 15.6. The Morgan fingerprint density at radius 3 is 2.88 bits per heavy atom. The predicted octanol–water partition coefficient (Wildman–Crippen LogP) is 3.57. The number of nitrogens with one attached hydrogen (secondary N) is 1. The molecule has 1 amide bonds. The molecule has 7 heteroatoms. The number of rotatable bonds is 2. The molecule has 0 unspecified atom stereocenters. The molecule has 3 aromatic rings. The standard InChI is InChI=1S/C19H23N5OS/c25-19(15-12-16-14(20-15)7-11-26-16)23-9-5-13(6-10-23)18-22-21-17-4-2-1-3-8-24(17)18/h7,11-13,20H,1-6,8-10H2. The zero-order chi connectivity index (χ0) is 17.5. The molecule has 1 N–H and O–H groups in total. The molecule has 1 saturated heterocycles. The summed E-state index contributed by atoms with van der Waals surface area (Å²) in [5.41, 5.74) is 1.76. The number of aromatic amines is 1. The van der Waals surface area contributed by atoms with E-state index in [0.717, 1.165) is 60.8 Å². The Kier molecular flexibility index (Phi) is 4.04. The Balaban J connectivity index is 1.28. The molecule has 0 radical (unpaired) electrons. The van der Waals surface area contributed by atoms with Gasteiger partial charge in [0.05, 0.1) is 10.2 Å². The molecule has 0 aromatic carbocycles. The highest BCUT2D eigenvalue weighted by atomic mass is 32.1. The second kappa shape index (κ2) is 6.54. The van der Waals surface area contributed by atoms with Gasteiger partial charge >= 0.3 is 0 Å². The topological polar surface area (TPSA) is 66.8 Å². The molecule has 6 nitrogen and oxygen atoms in total. The predicted molar refractivity (Wildman–Crippen MR) is 102 cm³/mol. The van der Waals surface area contributed by atoms with Crippen LogP contribution >= 0.6 is 11.3 Å². The number of carbonyl (C=O) groups excluding carboxylic acids is 1. The molecular formula is C19H23N5OS. The molecule has 0 atom stereocenters. The first-order valence-corrected chi connectivity index (χ1v) is 10.4. The summed E-state index contributed by atoms with van der Waals surface area (Å²) in [5.74, 6) is 2.84. The van der Waals surface area contributed by atoms with E-state index in [1.165, 1.54) is 19.3 Å². The van der Waals surface area contributed by atoms with Crippen molar-refractivity contribution >= 4 is 27.5 Å². The maximum Gasteiger partial charge on any atom is 0.270 e. The van der Waals surface area contributed by atoms with Crippen LogP contribution in [-0.2, 0) is 13.0 Å². The monoisotopic (exact) mass is 369 g/mol. The van der Waals surface area contributed by atoms with E-state index >= 15 is 0 Å². The minimum absolute atomic E-state index is 0.118. The van der Waals surface area contributed by atoms with Gasteiger partial charge in [-0.2, -0.15) is 0 Å². The molecule has 5 heterocycles. The van der Waals surface area contributed by atoms with Gasteiger partial charge in [-0.15, -0.1) is 21.5 Å². The first-order valence-electron chi connectivity index (χ1n) is 9.57. The maximum atomic E-state index is 12.8. The maximum absolute atomic E-state index is 12.8. The number of aryl methyl sites for hydroxylation is 1. The lowest BCUT2D eigenvalue weighted by atomic mass is 9.95. The third kappa shape index (κ3) is 2.74. The van der Waals surface area contributed by atoms with Crippen LogP contribution < -0.4 is 0 Å². The number of carbonyl (C=O) groups is 1. The van der Waals surface area contributed by atoms with Gasteiger partial charge in [0.1, 0.15) is 17.3 Å². The second-order valence-corrected chi connectivity index (χ2v) is 8.33. The molecule has 2 aliphatic rings. The zero-order valence-electron chi connectivity index (χ0n) is 14.8. The fourth-order valence-electron chi connectivity index (χ4n) is 4.28. The Hall–Kier alpha value is -2.15. The Labute approximate surface area is 156 Å². The third-order valence-electron chi connectivity index (χ3n) is 5.76. The van der Waals surface area contributed by atoms with Gasteiger partial charge < -0.3 is 14.5 Å². The second-order valence-electron chi connectivity index (χ2n) is 7.38. The van der Waals surface area contributed by atoms with Crippen LogP contribution in [0.4, 0.5) is 0 Å². The number of thiophene rings is 1. The first kappa shape index (κ1) is 16.1. The lowest BCUT2D eigenvalue weighted by Crippen LogP contribution is -2.38. The van der Waals surface area contributed by atoms with Crippen LogP contribution in [0, 0.1) is 0 Å². The number of hydrogen-bond acceptors (Lipinski definition) is 4. The first-order chi connectivity index (χ1) is 12.8. The molecule has 1 fully saturated rings. The summed E-state index contributed by atoms with van der Waals surface area (Å²) >= 11 is 1.67. The minimum Gasteiger partial charge on any atom is -0.350 e. The lowest BCUT2D eigenvalue weighted by Gasteiger charge is -2.31. The number of fused-ring (bicyclic) bond motifs is 2. The summed E-state index contributed by atoms with van der Waals surface area (Å²) in [5, 5.41) is 11.0. The molecule has 0 spiro atoms. The number of amides is 1. The molecule has 2 aliphatic heterocycles. The van der Waals surface area contributed by atoms with E-state index in [4.69, 9.17) is 0 Å². The molecule has 0 aliphatic carbocycles. The number of hydrogen-bond donors (Lipinski definition) is 1. The van der Waals surface area contributed by atoms with E-state index in [0.29, 0.717) is 11.6 Å². The van der Waals surface area contributed by atoms with Crippen molar-refractivity contribution in [1.82, 2.24) is 24.6 Å². The lowest BCUT2D eigenvalue weighted by molar-refractivity contribution is 0.0705. The van der Waals surface area contributed by atoms with Crippen LogP contribution in [0.1, 0.15) is 60.2 Å². The van der Waals surface area contributed by atoms with E-state index in [1.54, 1.807) is 11.3 Å². The van der Waals surface area contributed by atoms with Crippen molar-refractivity contribution < 1.29 is 4.79 Å². The quantitative estimate of drug-likeness (QED) is 0.751. The van der Waals surface area contributed by atoms with Crippen molar-refractivity contribution in [2.45, 2.75) is 51.0 Å². The molecule has 3 aromatic heterocycles. The molecule has 5 rings (SSSR count). The summed E-state index contributed by atoms with van der Waals surface area (Å²) in [4.78, 5) is 18.0. The van der Waals surface area contributed by atoms with Crippen LogP contribution in [0.25, 0.3) is 10.2 Å². The largest absolute Gasteiger partial charge is 0.350 e. The van der Waals surface area contributed by atoms with Gasteiger partial charge in [0.2, 0.25) is 0 Å². The van der Waals surface area contributed by atoms with Gasteiger partial charge in [-0.05, 0) is 43.2 Å². The molecule has 26 heavy (non-hydrogen) atoms. The third-order valence-corrected chi connectivity index (χ3v) is 6.62. The average Bonchev–Trinajstić information content (AvgIpc) is 3.33. The van der Waals surface area contributed by atoms with Crippen molar-refractivity contribution in [2.75, 3.05) is 13.1 Å². The van der Waals surface area contributed by atoms with E-state index in [9.17, 15) is 4.79 Å². The van der Waals surface area contributed by atoms with Crippen LogP contribution in [0.3, 0.4) is 0 Å². The van der Waals surface area contributed by atoms with Crippen LogP contribution in [-0.4, -0.2) is 43.6 Å². The summed E-state index contributed by atoms with van der Waals surface area (Å²) in [6.45, 7) is 2.63. The molecular weight excluding hydrogens is 346 g/mol. The minimum atomic E-state index is 0.118. The van der Waals surface area contributed by atoms with Gasteiger partial charge in [0.15, 0.2) is 0 Å². The van der Waals surface area contributed by atoms with E-state index in [1.807, 2.05) is 22.4 Å². The van der Waals surface area contributed by atoms with Gasteiger partial charge in [-0.3, -0.25) is 4.79 Å². The number of likely N-dealkylation sites (tertiary alicyclic amines) is 1. The highest BCUT2D eigenvalue weighted by molar-refractivity contribution is 7.17. The van der Waals surface area contributed by atoms with Crippen molar-refractivity contribution in [1.29, 1.82) is 0 Å².